The van der Waals surface area contributed by atoms with Crippen molar-refractivity contribution in [3.63, 3.8) is 0 Å². The number of halogens is 1. The molecule has 0 unspecified atom stereocenters. The summed E-state index contributed by atoms with van der Waals surface area (Å²) in [6.45, 7) is 4.25. The Labute approximate surface area is 144 Å². The van der Waals surface area contributed by atoms with Gasteiger partial charge in [0.1, 0.15) is 0 Å². The van der Waals surface area contributed by atoms with E-state index in [0.717, 1.165) is 39.3 Å². The molecule has 0 radical (unpaired) electrons. The smallest absolute Gasteiger partial charge is 0.322 e. The largest absolute Gasteiger partial charge is 0.403 e. The van der Waals surface area contributed by atoms with Crippen LogP contribution in [-0.4, -0.2) is 53.9 Å². The van der Waals surface area contributed by atoms with E-state index in [1.54, 1.807) is 12.1 Å². The number of rotatable bonds is 6. The fourth-order valence-electron chi connectivity index (χ4n) is 2.49. The van der Waals surface area contributed by atoms with Crippen molar-refractivity contribution < 1.29 is 13.9 Å². The van der Waals surface area contributed by atoms with E-state index >= 15 is 0 Å². The van der Waals surface area contributed by atoms with Crippen LogP contribution < -0.4 is 5.32 Å². The van der Waals surface area contributed by atoms with Crippen molar-refractivity contribution in [1.82, 2.24) is 15.1 Å². The standard InChI is InChI=1S/C16H19ClN4O3/c17-13-5-2-1-4-12(13)15-19-20-16(24-15)18-14(22)6-3-7-21-8-10-23-11-9-21/h1-2,4-5H,3,6-11H2,(H,18,20,22). The number of ether oxygens (including phenoxy) is 1. The summed E-state index contributed by atoms with van der Waals surface area (Å²) >= 11 is 6.09. The zero-order valence-electron chi connectivity index (χ0n) is 13.2. The van der Waals surface area contributed by atoms with Crippen LogP contribution in [0.1, 0.15) is 12.8 Å². The summed E-state index contributed by atoms with van der Waals surface area (Å²) in [4.78, 5) is 14.2. The van der Waals surface area contributed by atoms with Crippen LogP contribution in [0, 0.1) is 0 Å². The topological polar surface area (TPSA) is 80.5 Å². The molecule has 24 heavy (non-hydrogen) atoms. The first-order valence-electron chi connectivity index (χ1n) is 7.91. The number of benzene rings is 1. The Hall–Kier alpha value is -1.96. The molecule has 128 valence electrons. The van der Waals surface area contributed by atoms with Gasteiger partial charge in [0.2, 0.25) is 5.91 Å². The lowest BCUT2D eigenvalue weighted by atomic mass is 10.2. The van der Waals surface area contributed by atoms with Crippen molar-refractivity contribution >= 4 is 23.5 Å². The van der Waals surface area contributed by atoms with Crippen LogP contribution in [0.15, 0.2) is 28.7 Å². The van der Waals surface area contributed by atoms with Crippen LogP contribution in [0.3, 0.4) is 0 Å². The summed E-state index contributed by atoms with van der Waals surface area (Å²) in [7, 11) is 0. The molecule has 1 aromatic heterocycles. The molecule has 3 rings (SSSR count). The fraction of sp³-hybridized carbons (Fsp3) is 0.438. The van der Waals surface area contributed by atoms with Crippen LogP contribution in [0.4, 0.5) is 6.01 Å². The molecule has 0 spiro atoms. The molecule has 1 saturated heterocycles. The van der Waals surface area contributed by atoms with Crippen LogP contribution >= 0.6 is 11.6 Å². The highest BCUT2D eigenvalue weighted by molar-refractivity contribution is 6.33. The zero-order valence-corrected chi connectivity index (χ0v) is 14.0. The molecule has 1 N–H and O–H groups in total. The van der Waals surface area contributed by atoms with E-state index in [-0.39, 0.29) is 17.8 Å². The number of carbonyl (C=O) groups excluding carboxylic acids is 1. The van der Waals surface area contributed by atoms with Crippen molar-refractivity contribution in [3.8, 4) is 11.5 Å². The molecular formula is C16H19ClN4O3. The number of anilines is 1. The summed E-state index contributed by atoms with van der Waals surface area (Å²) < 4.78 is 10.7. The highest BCUT2D eigenvalue weighted by atomic mass is 35.5. The molecule has 1 amide bonds. The molecular weight excluding hydrogens is 332 g/mol. The van der Waals surface area contributed by atoms with Gasteiger partial charge in [0.25, 0.3) is 5.89 Å². The summed E-state index contributed by atoms with van der Waals surface area (Å²) in [5, 5.41) is 10.9. The number of amides is 1. The predicted molar refractivity (Wildman–Crippen MR) is 89.9 cm³/mol. The lowest BCUT2D eigenvalue weighted by Gasteiger charge is -2.26. The molecule has 0 saturated carbocycles. The van der Waals surface area contributed by atoms with Gasteiger partial charge in [-0.2, -0.15) is 0 Å². The maximum Gasteiger partial charge on any atom is 0.322 e. The number of morpholine rings is 1. The molecule has 0 atom stereocenters. The number of carbonyl (C=O) groups is 1. The van der Waals surface area contributed by atoms with Crippen molar-refractivity contribution in [2.75, 3.05) is 38.2 Å². The van der Waals surface area contributed by atoms with E-state index in [9.17, 15) is 4.79 Å². The third kappa shape index (κ3) is 4.53. The molecule has 1 aliphatic heterocycles. The van der Waals surface area contributed by atoms with Gasteiger partial charge in [-0.25, -0.2) is 0 Å². The van der Waals surface area contributed by atoms with E-state index in [4.69, 9.17) is 20.8 Å². The molecule has 2 aromatic rings. The Morgan fingerprint density at radius 3 is 2.83 bits per heavy atom. The third-order valence-corrected chi connectivity index (χ3v) is 4.09. The first-order chi connectivity index (χ1) is 11.7. The summed E-state index contributed by atoms with van der Waals surface area (Å²) in [6.07, 6.45) is 1.18. The van der Waals surface area contributed by atoms with Gasteiger partial charge in [0.15, 0.2) is 0 Å². The zero-order chi connectivity index (χ0) is 16.8. The maximum absolute atomic E-state index is 12.0. The fourth-order valence-corrected chi connectivity index (χ4v) is 2.70. The van der Waals surface area contributed by atoms with Crippen molar-refractivity contribution in [2.24, 2.45) is 0 Å². The minimum absolute atomic E-state index is 0.0845. The monoisotopic (exact) mass is 350 g/mol. The number of hydrogen-bond donors (Lipinski definition) is 1. The van der Waals surface area contributed by atoms with E-state index in [2.05, 4.69) is 20.4 Å². The summed E-state index contributed by atoms with van der Waals surface area (Å²) in [6, 6.07) is 7.25. The molecule has 1 aromatic carbocycles. The van der Waals surface area contributed by atoms with Gasteiger partial charge in [-0.15, -0.1) is 5.10 Å². The third-order valence-electron chi connectivity index (χ3n) is 3.76. The van der Waals surface area contributed by atoms with Crippen molar-refractivity contribution in [2.45, 2.75) is 12.8 Å². The Balaban J connectivity index is 1.47. The highest BCUT2D eigenvalue weighted by Gasteiger charge is 2.14. The Morgan fingerprint density at radius 2 is 2.04 bits per heavy atom. The molecule has 1 fully saturated rings. The molecule has 7 nitrogen and oxygen atoms in total. The highest BCUT2D eigenvalue weighted by Crippen LogP contribution is 2.27. The van der Waals surface area contributed by atoms with E-state index < -0.39 is 0 Å². The van der Waals surface area contributed by atoms with Gasteiger partial charge in [-0.3, -0.25) is 15.0 Å². The second-order valence-electron chi connectivity index (χ2n) is 5.50. The number of hydrogen-bond acceptors (Lipinski definition) is 6. The van der Waals surface area contributed by atoms with Gasteiger partial charge >= 0.3 is 6.01 Å². The Bertz CT molecular complexity index is 685. The van der Waals surface area contributed by atoms with Crippen molar-refractivity contribution in [1.29, 1.82) is 0 Å². The molecule has 8 heteroatoms. The van der Waals surface area contributed by atoms with E-state index in [0.29, 0.717) is 17.0 Å². The predicted octanol–water partition coefficient (Wildman–Crippen LogP) is 2.44. The quantitative estimate of drug-likeness (QED) is 0.861. The normalized spacial score (nSPS) is 15.4. The van der Waals surface area contributed by atoms with Gasteiger partial charge in [-0.1, -0.05) is 28.8 Å². The SMILES string of the molecule is O=C(CCCN1CCOCC1)Nc1nnc(-c2ccccc2Cl)o1. The van der Waals surface area contributed by atoms with Gasteiger partial charge < -0.3 is 9.15 Å². The summed E-state index contributed by atoms with van der Waals surface area (Å²) in [5.74, 6) is 0.141. The van der Waals surface area contributed by atoms with Crippen molar-refractivity contribution in [3.05, 3.63) is 29.3 Å². The number of nitrogens with zero attached hydrogens (tertiary/aromatic N) is 3. The van der Waals surface area contributed by atoms with Crippen LogP contribution in [0.5, 0.6) is 0 Å². The second kappa shape index (κ2) is 8.23. The molecule has 2 heterocycles. The molecule has 1 aliphatic rings. The van der Waals surface area contributed by atoms with Gasteiger partial charge in [0.05, 0.1) is 23.8 Å². The Morgan fingerprint density at radius 1 is 1.25 bits per heavy atom. The minimum Gasteiger partial charge on any atom is -0.403 e. The van der Waals surface area contributed by atoms with Crippen LogP contribution in [0.2, 0.25) is 5.02 Å². The average Bonchev–Trinajstić information content (AvgIpc) is 3.04. The van der Waals surface area contributed by atoms with E-state index in [1.165, 1.54) is 0 Å². The lowest BCUT2D eigenvalue weighted by Crippen LogP contribution is -2.37. The first-order valence-corrected chi connectivity index (χ1v) is 8.28. The number of aromatic nitrogens is 2. The molecule has 0 bridgehead atoms. The van der Waals surface area contributed by atoms with Crippen LogP contribution in [0.25, 0.3) is 11.5 Å². The first kappa shape index (κ1) is 16.9. The minimum atomic E-state index is -0.141. The second-order valence-corrected chi connectivity index (χ2v) is 5.91. The van der Waals surface area contributed by atoms with Gasteiger partial charge in [-0.05, 0) is 25.1 Å². The number of nitrogens with one attached hydrogen (secondary N) is 1. The van der Waals surface area contributed by atoms with Crippen LogP contribution in [-0.2, 0) is 9.53 Å². The van der Waals surface area contributed by atoms with E-state index in [1.807, 2.05) is 12.1 Å². The maximum atomic E-state index is 12.0. The lowest BCUT2D eigenvalue weighted by molar-refractivity contribution is -0.116. The average molecular weight is 351 g/mol. The summed E-state index contributed by atoms with van der Waals surface area (Å²) in [5.41, 5.74) is 0.638. The molecule has 0 aliphatic carbocycles. The Kier molecular flexibility index (Phi) is 5.79. The van der Waals surface area contributed by atoms with Gasteiger partial charge in [0, 0.05) is 19.5 Å².